The fourth-order valence-electron chi connectivity index (χ4n) is 2.78. The van der Waals surface area contributed by atoms with Crippen LogP contribution in [0, 0.1) is 13.8 Å². The lowest BCUT2D eigenvalue weighted by atomic mass is 9.94. The van der Waals surface area contributed by atoms with Gasteiger partial charge in [0.15, 0.2) is 0 Å². The molecule has 1 amide bonds. The lowest BCUT2D eigenvalue weighted by Crippen LogP contribution is -2.18. The molecule has 1 aliphatic heterocycles. The van der Waals surface area contributed by atoms with Crippen LogP contribution in [0.5, 0.6) is 5.75 Å². The number of aryl methyl sites for hydroxylation is 2. The summed E-state index contributed by atoms with van der Waals surface area (Å²) in [6.07, 6.45) is 0. The molecule has 0 unspecified atom stereocenters. The van der Waals surface area contributed by atoms with Crippen LogP contribution in [-0.2, 0) is 4.79 Å². The van der Waals surface area contributed by atoms with Crippen molar-refractivity contribution in [2.45, 2.75) is 13.8 Å². The molecule has 0 radical (unpaired) electrons. The summed E-state index contributed by atoms with van der Waals surface area (Å²) in [6, 6.07) is 14.0. The minimum atomic E-state index is -0.144. The van der Waals surface area contributed by atoms with Crippen molar-refractivity contribution in [1.29, 1.82) is 0 Å². The zero-order valence-electron chi connectivity index (χ0n) is 13.7. The molecule has 1 saturated heterocycles. The van der Waals surface area contributed by atoms with E-state index < -0.39 is 0 Å². The second-order valence-corrected chi connectivity index (χ2v) is 7.34. The number of hydrogen-bond acceptors (Lipinski definition) is 4. The highest BCUT2D eigenvalue weighted by molar-refractivity contribution is 8.26. The highest BCUT2D eigenvalue weighted by Gasteiger charge is 2.27. The number of thioether (sulfide) groups is 1. The van der Waals surface area contributed by atoms with Gasteiger partial charge in [-0.1, -0.05) is 65.4 Å². The van der Waals surface area contributed by atoms with Crippen LogP contribution in [0.3, 0.4) is 0 Å². The lowest BCUT2D eigenvalue weighted by molar-refractivity contribution is -0.115. The van der Waals surface area contributed by atoms with Crippen LogP contribution in [-0.4, -0.2) is 17.3 Å². The number of benzene rings is 2. The fraction of sp³-hybridized carbons (Fsp3) is 0.158. The third-order valence-corrected chi connectivity index (χ3v) is 4.97. The van der Waals surface area contributed by atoms with Crippen molar-refractivity contribution in [3.05, 3.63) is 69.6 Å². The summed E-state index contributed by atoms with van der Waals surface area (Å²) in [6.45, 7) is 4.11. The van der Waals surface area contributed by atoms with E-state index in [1.54, 1.807) is 7.11 Å². The van der Waals surface area contributed by atoms with Crippen LogP contribution in [0.1, 0.15) is 22.3 Å². The molecular weight excluding hydrogens is 338 g/mol. The molecule has 0 aromatic heterocycles. The molecule has 0 atom stereocenters. The average molecular weight is 355 g/mol. The van der Waals surface area contributed by atoms with Crippen LogP contribution in [0.2, 0.25) is 0 Å². The monoisotopic (exact) mass is 355 g/mol. The van der Waals surface area contributed by atoms with Crippen LogP contribution in [0.4, 0.5) is 0 Å². The summed E-state index contributed by atoms with van der Waals surface area (Å²) in [5.74, 6) is 0.637. The van der Waals surface area contributed by atoms with Gasteiger partial charge in [-0.25, -0.2) is 0 Å². The van der Waals surface area contributed by atoms with Gasteiger partial charge >= 0.3 is 0 Å². The summed E-state index contributed by atoms with van der Waals surface area (Å²) in [7, 11) is 1.64. The SMILES string of the molecule is COc1ccc(C(=C2SC(=S)NC2=O)c2cc(C)cc(C)c2)cc1. The second kappa shape index (κ2) is 6.79. The quantitative estimate of drug-likeness (QED) is 0.661. The van der Waals surface area contributed by atoms with Crippen LogP contribution in [0.25, 0.3) is 5.57 Å². The average Bonchev–Trinajstić information content (AvgIpc) is 2.86. The number of methoxy groups -OCH3 is 1. The third kappa shape index (κ3) is 3.37. The molecule has 0 saturated carbocycles. The third-order valence-electron chi connectivity index (χ3n) is 3.73. The molecule has 0 spiro atoms. The van der Waals surface area contributed by atoms with Gasteiger partial charge in [0.1, 0.15) is 10.1 Å². The van der Waals surface area contributed by atoms with E-state index in [0.29, 0.717) is 9.23 Å². The normalized spacial score (nSPS) is 16.1. The van der Waals surface area contributed by atoms with Crippen LogP contribution in [0.15, 0.2) is 47.4 Å². The Labute approximate surface area is 151 Å². The molecule has 2 aromatic carbocycles. The smallest absolute Gasteiger partial charge is 0.264 e. The van der Waals surface area contributed by atoms with Gasteiger partial charge in [-0.3, -0.25) is 4.79 Å². The first-order valence-electron chi connectivity index (χ1n) is 7.48. The van der Waals surface area contributed by atoms with Crippen molar-refractivity contribution in [3.8, 4) is 5.75 Å². The highest BCUT2D eigenvalue weighted by Crippen LogP contribution is 2.37. The zero-order chi connectivity index (χ0) is 17.3. The molecule has 1 heterocycles. The number of carbonyl (C=O) groups is 1. The molecular formula is C19H17NO2S2. The molecule has 24 heavy (non-hydrogen) atoms. The predicted molar refractivity (Wildman–Crippen MR) is 103 cm³/mol. The number of rotatable bonds is 3. The van der Waals surface area contributed by atoms with Gasteiger partial charge in [0, 0.05) is 5.57 Å². The number of ether oxygens (including phenoxy) is 1. The maximum atomic E-state index is 12.4. The Kier molecular flexibility index (Phi) is 4.73. The maximum Gasteiger partial charge on any atom is 0.264 e. The van der Waals surface area contributed by atoms with E-state index in [1.807, 2.05) is 24.3 Å². The van der Waals surface area contributed by atoms with Gasteiger partial charge in [0.05, 0.1) is 12.0 Å². The van der Waals surface area contributed by atoms with Crippen molar-refractivity contribution in [1.82, 2.24) is 5.32 Å². The topological polar surface area (TPSA) is 38.3 Å². The molecule has 0 bridgehead atoms. The van der Waals surface area contributed by atoms with Crippen molar-refractivity contribution in [3.63, 3.8) is 0 Å². The van der Waals surface area contributed by atoms with Crippen molar-refractivity contribution >= 4 is 39.8 Å². The number of nitrogens with one attached hydrogen (secondary N) is 1. The Morgan fingerprint density at radius 3 is 2.17 bits per heavy atom. The van der Waals surface area contributed by atoms with Crippen LogP contribution >= 0.6 is 24.0 Å². The van der Waals surface area contributed by atoms with Gasteiger partial charge < -0.3 is 10.1 Å². The summed E-state index contributed by atoms with van der Waals surface area (Å²) in [4.78, 5) is 13.0. The van der Waals surface area contributed by atoms with E-state index in [0.717, 1.165) is 33.6 Å². The Morgan fingerprint density at radius 2 is 1.67 bits per heavy atom. The molecule has 122 valence electrons. The summed E-state index contributed by atoms with van der Waals surface area (Å²) in [5.41, 5.74) is 5.18. The Bertz CT molecular complexity index is 834. The van der Waals surface area contributed by atoms with E-state index in [-0.39, 0.29) is 5.91 Å². The summed E-state index contributed by atoms with van der Waals surface area (Å²) < 4.78 is 5.73. The molecule has 5 heteroatoms. The molecule has 3 rings (SSSR count). The Balaban J connectivity index is 2.22. The molecule has 0 aliphatic carbocycles. The second-order valence-electron chi connectivity index (χ2n) is 5.65. The number of thiocarbonyl (C=S) groups is 1. The van der Waals surface area contributed by atoms with E-state index in [1.165, 1.54) is 11.8 Å². The molecule has 2 aromatic rings. The minimum Gasteiger partial charge on any atom is -0.497 e. The van der Waals surface area contributed by atoms with E-state index in [4.69, 9.17) is 17.0 Å². The minimum absolute atomic E-state index is 0.144. The number of carbonyl (C=O) groups excluding carboxylic acids is 1. The Morgan fingerprint density at radius 1 is 1.04 bits per heavy atom. The van der Waals surface area contributed by atoms with E-state index in [9.17, 15) is 4.79 Å². The first-order valence-corrected chi connectivity index (χ1v) is 8.71. The van der Waals surface area contributed by atoms with Gasteiger partial charge in [-0.2, -0.15) is 0 Å². The first-order chi connectivity index (χ1) is 11.5. The van der Waals surface area contributed by atoms with Gasteiger partial charge in [0.2, 0.25) is 0 Å². The van der Waals surface area contributed by atoms with Crippen molar-refractivity contribution < 1.29 is 9.53 Å². The number of hydrogen-bond donors (Lipinski definition) is 1. The lowest BCUT2D eigenvalue weighted by Gasteiger charge is -2.13. The molecule has 1 fully saturated rings. The van der Waals surface area contributed by atoms with Crippen LogP contribution < -0.4 is 10.1 Å². The first kappa shape index (κ1) is 16.7. The summed E-state index contributed by atoms with van der Waals surface area (Å²) in [5, 5.41) is 2.71. The molecule has 1 N–H and O–H groups in total. The van der Waals surface area contributed by atoms with Crippen molar-refractivity contribution in [2.75, 3.05) is 7.11 Å². The standard InChI is InChI=1S/C19H17NO2S2/c1-11-8-12(2)10-14(9-11)16(17-18(21)20-19(23)24-17)13-4-6-15(22-3)7-5-13/h4-10H,1-3H3,(H,20,21,23). The Hall–Kier alpha value is -2.11. The largest absolute Gasteiger partial charge is 0.497 e. The highest BCUT2D eigenvalue weighted by atomic mass is 32.2. The van der Waals surface area contributed by atoms with Gasteiger partial charge in [0.25, 0.3) is 5.91 Å². The molecule has 3 nitrogen and oxygen atoms in total. The zero-order valence-corrected chi connectivity index (χ0v) is 15.3. The fourth-order valence-corrected chi connectivity index (χ4v) is 3.94. The molecule has 1 aliphatic rings. The van der Waals surface area contributed by atoms with Gasteiger partial charge in [-0.05, 0) is 37.1 Å². The van der Waals surface area contributed by atoms with Gasteiger partial charge in [-0.15, -0.1) is 0 Å². The predicted octanol–water partition coefficient (Wildman–Crippen LogP) is 4.22. The van der Waals surface area contributed by atoms with E-state index in [2.05, 4.69) is 37.4 Å². The van der Waals surface area contributed by atoms with E-state index >= 15 is 0 Å². The summed E-state index contributed by atoms with van der Waals surface area (Å²) >= 11 is 6.47. The number of amides is 1. The maximum absolute atomic E-state index is 12.4. The van der Waals surface area contributed by atoms with Crippen molar-refractivity contribution in [2.24, 2.45) is 0 Å².